The lowest BCUT2D eigenvalue weighted by Crippen LogP contribution is -2.69. The summed E-state index contributed by atoms with van der Waals surface area (Å²) in [6, 6.07) is 6.57. The Morgan fingerprint density at radius 1 is 0.935 bits per heavy atom. The van der Waals surface area contributed by atoms with E-state index in [-0.39, 0.29) is 39.7 Å². The number of phenols is 1. The summed E-state index contributed by atoms with van der Waals surface area (Å²) in [7, 11) is 0. The minimum atomic E-state index is -1.11. The van der Waals surface area contributed by atoms with E-state index >= 15 is 0 Å². The number of carbonyl (C=O) groups excluding carboxylic acids is 1. The zero-order valence-electron chi connectivity index (χ0n) is 28.7. The molecule has 7 nitrogen and oxygen atoms in total. The van der Waals surface area contributed by atoms with Gasteiger partial charge in [0.1, 0.15) is 11.9 Å². The number of ether oxygens (including phenoxy) is 1. The second kappa shape index (κ2) is 10.7. The minimum absolute atomic E-state index is 0.0110. The highest BCUT2D eigenvalue weighted by molar-refractivity contribution is 5.87. The van der Waals surface area contributed by atoms with E-state index in [2.05, 4.69) is 47.6 Å². The lowest BCUT2D eigenvalue weighted by Gasteiger charge is -2.72. The van der Waals surface area contributed by atoms with E-state index in [1.807, 2.05) is 6.92 Å². The highest BCUT2D eigenvalue weighted by Crippen LogP contribution is 2.76. The van der Waals surface area contributed by atoms with Gasteiger partial charge in [0.05, 0.1) is 17.1 Å². The number of allylic oxidation sites excluding steroid dienone is 1. The summed E-state index contributed by atoms with van der Waals surface area (Å²) in [6.45, 7) is 15.3. The van der Waals surface area contributed by atoms with Gasteiger partial charge in [0.25, 0.3) is 0 Å². The van der Waals surface area contributed by atoms with Crippen molar-refractivity contribution in [3.8, 4) is 5.75 Å². The van der Waals surface area contributed by atoms with Gasteiger partial charge in [-0.1, -0.05) is 65.3 Å². The molecule has 0 saturated heterocycles. The summed E-state index contributed by atoms with van der Waals surface area (Å²) >= 11 is 0. The number of fused-ring (bicyclic) bond motifs is 7. The summed E-state index contributed by atoms with van der Waals surface area (Å²) in [5.74, 6) is -1.07. The van der Waals surface area contributed by atoms with E-state index in [1.165, 1.54) is 6.08 Å². The maximum absolute atomic E-state index is 13.0. The molecule has 5 aliphatic rings. The number of benzene rings is 1. The molecule has 0 radical (unpaired) electrons. The van der Waals surface area contributed by atoms with Gasteiger partial charge in [0.15, 0.2) is 0 Å². The van der Waals surface area contributed by atoms with Gasteiger partial charge in [-0.25, -0.2) is 4.79 Å². The number of aliphatic hydroxyl groups is 2. The molecule has 4 N–H and O–H groups in total. The molecule has 252 valence electrons. The molecule has 1 aromatic rings. The first-order valence-electron chi connectivity index (χ1n) is 17.4. The zero-order valence-corrected chi connectivity index (χ0v) is 28.7. The maximum atomic E-state index is 13.0. The average molecular weight is 635 g/mol. The van der Waals surface area contributed by atoms with Crippen LogP contribution in [0.4, 0.5) is 0 Å². The van der Waals surface area contributed by atoms with Crippen LogP contribution in [-0.4, -0.2) is 50.2 Å². The highest BCUT2D eigenvalue weighted by atomic mass is 16.6. The number of hydrogen-bond donors (Lipinski definition) is 4. The Morgan fingerprint density at radius 3 is 2.26 bits per heavy atom. The van der Waals surface area contributed by atoms with Crippen molar-refractivity contribution >= 4 is 18.0 Å². The predicted octanol–water partition coefficient (Wildman–Crippen LogP) is 7.15. The van der Waals surface area contributed by atoms with Crippen molar-refractivity contribution in [2.45, 2.75) is 118 Å². The number of aliphatic carboxylic acids is 1. The number of carboxylic acids is 1. The number of carboxylic acid groups (broad SMARTS) is 1. The van der Waals surface area contributed by atoms with Gasteiger partial charge in [-0.15, -0.1) is 0 Å². The van der Waals surface area contributed by atoms with Crippen LogP contribution in [0.5, 0.6) is 5.75 Å². The molecule has 0 aromatic heterocycles. The van der Waals surface area contributed by atoms with Crippen molar-refractivity contribution in [3.05, 3.63) is 47.6 Å². The molecule has 0 amide bonds. The summed E-state index contributed by atoms with van der Waals surface area (Å²) in [6.07, 6.45) is 9.72. The number of hydrogen-bond acceptors (Lipinski definition) is 6. The molecule has 0 unspecified atom stereocenters. The SMILES string of the molecule is C[C@@H]1CC[C@]2(C(=O)O)CC[C@]3(C)C(=CC[C@H]4[C@@]5(C)C[C@@H](O)[C@H](OC(=O)/C=C\c6ccc(O)cc6)C(C)(C)[C@@H]5CC[C@]43C)[C@@H]2[C@]1(C)O. The summed E-state index contributed by atoms with van der Waals surface area (Å²) in [5.41, 5.74) is -1.25. The standard InChI is InChI=1S/C39H54O7/c1-23-16-19-39(33(43)44)21-20-36(5)26(31(39)38(23,7)45)13-14-29-35(4)22-27(41)32(34(2,3)28(35)17-18-37(29,36)6)46-30(42)15-10-24-8-11-25(40)12-9-24/h8-13,15,23,27-29,31-32,40-41,45H,14,16-22H2,1-7H3,(H,43,44)/b15-10-/t23-,27-,28+,29+,31-,32+,35+,36-,37-,38-,39+/m1/s1. The van der Waals surface area contributed by atoms with Crippen LogP contribution in [0.15, 0.2) is 42.0 Å². The van der Waals surface area contributed by atoms with Crippen LogP contribution in [0.2, 0.25) is 0 Å². The second-order valence-electron chi connectivity index (χ2n) is 17.2. The average Bonchev–Trinajstić information content (AvgIpc) is 2.97. The topological polar surface area (TPSA) is 124 Å². The van der Waals surface area contributed by atoms with Crippen LogP contribution >= 0.6 is 0 Å². The number of rotatable bonds is 4. The summed E-state index contributed by atoms with van der Waals surface area (Å²) in [4.78, 5) is 26.0. The van der Waals surface area contributed by atoms with Crippen molar-refractivity contribution in [3.63, 3.8) is 0 Å². The van der Waals surface area contributed by atoms with Gasteiger partial charge in [0.2, 0.25) is 0 Å². The van der Waals surface area contributed by atoms with E-state index < -0.39 is 46.5 Å². The van der Waals surface area contributed by atoms with Crippen molar-refractivity contribution in [2.24, 2.45) is 50.7 Å². The van der Waals surface area contributed by atoms with Crippen molar-refractivity contribution < 1.29 is 34.8 Å². The molecule has 7 heteroatoms. The quantitative estimate of drug-likeness (QED) is 0.158. The fraction of sp³-hybridized carbons (Fsp3) is 0.692. The largest absolute Gasteiger partial charge is 0.508 e. The molecule has 0 aliphatic heterocycles. The predicted molar refractivity (Wildman–Crippen MR) is 176 cm³/mol. The van der Waals surface area contributed by atoms with Gasteiger partial charge < -0.3 is 25.2 Å². The fourth-order valence-corrected chi connectivity index (χ4v) is 12.1. The Hall–Kier alpha value is -2.64. The first kappa shape index (κ1) is 33.3. The van der Waals surface area contributed by atoms with Crippen molar-refractivity contribution in [2.75, 3.05) is 0 Å². The van der Waals surface area contributed by atoms with Gasteiger partial charge in [-0.3, -0.25) is 4.79 Å². The number of phenolic OH excluding ortho intramolecular Hbond substituents is 1. The monoisotopic (exact) mass is 634 g/mol. The lowest BCUT2D eigenvalue weighted by atomic mass is 9.33. The van der Waals surface area contributed by atoms with Crippen molar-refractivity contribution in [1.82, 2.24) is 0 Å². The Morgan fingerprint density at radius 2 is 1.61 bits per heavy atom. The molecular weight excluding hydrogens is 580 g/mol. The maximum Gasteiger partial charge on any atom is 0.331 e. The molecule has 4 fully saturated rings. The Labute approximate surface area is 274 Å². The molecule has 6 rings (SSSR count). The van der Waals surface area contributed by atoms with E-state index in [0.29, 0.717) is 25.7 Å². The van der Waals surface area contributed by atoms with Crippen LogP contribution in [0.1, 0.15) is 105 Å². The van der Waals surface area contributed by atoms with Gasteiger partial charge in [0, 0.05) is 17.4 Å². The molecule has 1 aromatic carbocycles. The highest BCUT2D eigenvalue weighted by Gasteiger charge is 2.72. The number of aromatic hydroxyl groups is 1. The molecule has 0 spiro atoms. The lowest BCUT2D eigenvalue weighted by molar-refractivity contribution is -0.242. The Kier molecular flexibility index (Phi) is 7.73. The molecule has 11 atom stereocenters. The van der Waals surface area contributed by atoms with Crippen LogP contribution in [-0.2, 0) is 14.3 Å². The first-order valence-corrected chi connectivity index (χ1v) is 17.4. The van der Waals surface area contributed by atoms with Gasteiger partial charge in [-0.05, 0) is 116 Å². The van der Waals surface area contributed by atoms with Crippen LogP contribution < -0.4 is 0 Å². The number of carbonyl (C=O) groups is 2. The summed E-state index contributed by atoms with van der Waals surface area (Å²) < 4.78 is 6.03. The molecule has 0 heterocycles. The number of aliphatic hydroxyl groups excluding tert-OH is 1. The second-order valence-corrected chi connectivity index (χ2v) is 17.2. The van der Waals surface area contributed by atoms with E-state index in [0.717, 1.165) is 36.8 Å². The van der Waals surface area contributed by atoms with Gasteiger partial charge in [-0.2, -0.15) is 0 Å². The van der Waals surface area contributed by atoms with Crippen molar-refractivity contribution in [1.29, 1.82) is 0 Å². The third-order valence-electron chi connectivity index (χ3n) is 14.9. The molecule has 5 aliphatic carbocycles. The van der Waals surface area contributed by atoms with E-state index in [1.54, 1.807) is 30.3 Å². The minimum Gasteiger partial charge on any atom is -0.508 e. The van der Waals surface area contributed by atoms with Gasteiger partial charge >= 0.3 is 11.9 Å². The molecule has 46 heavy (non-hydrogen) atoms. The van der Waals surface area contributed by atoms with E-state index in [9.17, 15) is 30.0 Å². The molecule has 0 bridgehead atoms. The third-order valence-corrected chi connectivity index (χ3v) is 14.9. The Bertz CT molecular complexity index is 1460. The van der Waals surface area contributed by atoms with Crippen LogP contribution in [0.3, 0.4) is 0 Å². The number of esters is 1. The van der Waals surface area contributed by atoms with E-state index in [4.69, 9.17) is 4.74 Å². The smallest absolute Gasteiger partial charge is 0.331 e. The molecule has 4 saturated carbocycles. The first-order chi connectivity index (χ1) is 21.3. The summed E-state index contributed by atoms with van der Waals surface area (Å²) in [5, 5.41) is 44.0. The van der Waals surface area contributed by atoms with Crippen LogP contribution in [0.25, 0.3) is 6.08 Å². The fourth-order valence-electron chi connectivity index (χ4n) is 12.1. The third kappa shape index (κ3) is 4.50. The normalized spacial score (nSPS) is 46.2. The molecular formula is C39H54O7. The zero-order chi connectivity index (χ0) is 33.7. The van der Waals surface area contributed by atoms with Crippen LogP contribution in [0, 0.1) is 50.7 Å². The Balaban J connectivity index is 1.31.